The number of carbonyl (C=O) groups is 1. The molecule has 1 aromatic heterocycles. The molecule has 0 radical (unpaired) electrons. The number of halogens is 3. The predicted octanol–water partition coefficient (Wildman–Crippen LogP) is 3.20. The van der Waals surface area contributed by atoms with Crippen molar-refractivity contribution in [3.8, 4) is 0 Å². The third-order valence-electron chi connectivity index (χ3n) is 3.54. The van der Waals surface area contributed by atoms with E-state index in [1.165, 1.54) is 5.56 Å². The molecule has 3 rings (SSSR count). The summed E-state index contributed by atoms with van der Waals surface area (Å²) in [5.74, 6) is -1.98. The predicted molar refractivity (Wildman–Crippen MR) is 81.1 cm³/mol. The Labute approximate surface area is 135 Å². The Morgan fingerprint density at radius 1 is 1.30 bits per heavy atom. The van der Waals surface area contributed by atoms with E-state index in [0.717, 1.165) is 35.0 Å². The second-order valence-corrected chi connectivity index (χ2v) is 6.37. The largest absolute Gasteiger partial charge is 0.471 e. The maximum Gasteiger partial charge on any atom is 0.471 e. The summed E-state index contributed by atoms with van der Waals surface area (Å²) in [7, 11) is 0. The maximum atomic E-state index is 12.3. The van der Waals surface area contributed by atoms with Crippen LogP contribution in [0.15, 0.2) is 30.3 Å². The average molecular weight is 341 g/mol. The van der Waals surface area contributed by atoms with E-state index in [-0.39, 0.29) is 5.13 Å². The van der Waals surface area contributed by atoms with E-state index in [2.05, 4.69) is 9.88 Å². The topological polar surface area (TPSA) is 45.2 Å². The fourth-order valence-electron chi connectivity index (χ4n) is 2.45. The van der Waals surface area contributed by atoms with Crippen molar-refractivity contribution in [2.45, 2.75) is 25.7 Å². The van der Waals surface area contributed by atoms with Crippen molar-refractivity contribution in [2.24, 2.45) is 0 Å². The van der Waals surface area contributed by atoms with Crippen LogP contribution >= 0.6 is 11.3 Å². The van der Waals surface area contributed by atoms with Gasteiger partial charge >= 0.3 is 12.1 Å². The van der Waals surface area contributed by atoms with Gasteiger partial charge in [0.15, 0.2) is 5.13 Å². The van der Waals surface area contributed by atoms with Crippen LogP contribution in [0.4, 0.5) is 18.3 Å². The first-order chi connectivity index (χ1) is 10.9. The summed E-state index contributed by atoms with van der Waals surface area (Å²) in [5, 5.41) is 1.84. The van der Waals surface area contributed by atoms with E-state index in [4.69, 9.17) is 0 Å². The molecule has 1 aliphatic rings. The lowest BCUT2D eigenvalue weighted by Gasteiger charge is -2.25. The number of hydrogen-bond donors (Lipinski definition) is 1. The standard InChI is InChI=1S/C15H14F3N3OS/c16-15(17,18)13(22)20-14-19-11-6-7-21(9-12(11)23-14)8-10-4-2-1-3-5-10/h1-5H,6-9H2,(H,19,20,22). The van der Waals surface area contributed by atoms with Crippen LogP contribution in [-0.4, -0.2) is 28.5 Å². The molecule has 122 valence electrons. The van der Waals surface area contributed by atoms with Crippen LogP contribution in [0.1, 0.15) is 16.1 Å². The van der Waals surface area contributed by atoms with E-state index in [9.17, 15) is 18.0 Å². The molecule has 0 unspecified atom stereocenters. The minimum absolute atomic E-state index is 0.0129. The number of nitrogens with one attached hydrogen (secondary N) is 1. The molecule has 0 spiro atoms. The third kappa shape index (κ3) is 3.89. The Hall–Kier alpha value is -1.93. The number of aromatic nitrogens is 1. The summed E-state index contributed by atoms with van der Waals surface area (Å²) in [6.45, 7) is 2.20. The van der Waals surface area contributed by atoms with Gasteiger partial charge in [0.2, 0.25) is 0 Å². The number of anilines is 1. The Morgan fingerprint density at radius 2 is 2.04 bits per heavy atom. The number of thiazole rings is 1. The Balaban J connectivity index is 1.66. The molecular formula is C15H14F3N3OS. The van der Waals surface area contributed by atoms with Gasteiger partial charge in [0, 0.05) is 30.9 Å². The van der Waals surface area contributed by atoms with Gasteiger partial charge in [-0.2, -0.15) is 13.2 Å². The van der Waals surface area contributed by atoms with Crippen molar-refractivity contribution in [1.29, 1.82) is 0 Å². The number of carbonyl (C=O) groups excluding carboxylic acids is 1. The quantitative estimate of drug-likeness (QED) is 0.932. The van der Waals surface area contributed by atoms with E-state index in [0.29, 0.717) is 13.0 Å². The molecule has 8 heteroatoms. The van der Waals surface area contributed by atoms with E-state index in [1.54, 1.807) is 0 Å². The van der Waals surface area contributed by atoms with Gasteiger partial charge in [0.1, 0.15) is 0 Å². The summed E-state index contributed by atoms with van der Waals surface area (Å²) in [6, 6.07) is 9.98. The third-order valence-corrected chi connectivity index (χ3v) is 4.54. The molecule has 1 amide bonds. The van der Waals surface area contributed by atoms with Crippen molar-refractivity contribution < 1.29 is 18.0 Å². The summed E-state index contributed by atoms with van der Waals surface area (Å²) >= 11 is 1.11. The van der Waals surface area contributed by atoms with Crippen LogP contribution in [0, 0.1) is 0 Å². The molecule has 23 heavy (non-hydrogen) atoms. The number of nitrogens with zero attached hydrogens (tertiary/aromatic N) is 2. The van der Waals surface area contributed by atoms with Gasteiger partial charge < -0.3 is 0 Å². The molecule has 2 heterocycles. The fourth-order valence-corrected chi connectivity index (χ4v) is 3.49. The van der Waals surface area contributed by atoms with Crippen molar-refractivity contribution in [2.75, 3.05) is 11.9 Å². The molecular weight excluding hydrogens is 327 g/mol. The van der Waals surface area contributed by atoms with E-state index in [1.807, 2.05) is 35.6 Å². The number of hydrogen-bond acceptors (Lipinski definition) is 4. The highest BCUT2D eigenvalue weighted by Crippen LogP contribution is 2.30. The SMILES string of the molecule is O=C(Nc1nc2c(s1)CN(Cc1ccccc1)CC2)C(F)(F)F. The lowest BCUT2D eigenvalue weighted by molar-refractivity contribution is -0.167. The summed E-state index contributed by atoms with van der Waals surface area (Å²) in [6.07, 6.45) is -4.23. The first kappa shape index (κ1) is 15.9. The van der Waals surface area contributed by atoms with Crippen LogP contribution < -0.4 is 5.32 Å². The second-order valence-electron chi connectivity index (χ2n) is 5.29. The molecule has 0 atom stereocenters. The first-order valence-corrected chi connectivity index (χ1v) is 7.86. The molecule has 1 aromatic carbocycles. The van der Waals surface area contributed by atoms with Crippen LogP contribution in [0.5, 0.6) is 0 Å². The number of rotatable bonds is 3. The molecule has 0 fully saturated rings. The highest BCUT2D eigenvalue weighted by Gasteiger charge is 2.39. The smallest absolute Gasteiger partial charge is 0.294 e. The van der Waals surface area contributed by atoms with Crippen LogP contribution in [0.2, 0.25) is 0 Å². The molecule has 2 aromatic rings. The highest BCUT2D eigenvalue weighted by molar-refractivity contribution is 7.15. The maximum absolute atomic E-state index is 12.3. The van der Waals surface area contributed by atoms with Gasteiger partial charge in [-0.25, -0.2) is 4.98 Å². The summed E-state index contributed by atoms with van der Waals surface area (Å²) in [4.78, 5) is 18.2. The van der Waals surface area contributed by atoms with Gasteiger partial charge in [-0.1, -0.05) is 30.3 Å². The molecule has 0 bridgehead atoms. The zero-order valence-corrected chi connectivity index (χ0v) is 12.9. The number of fused-ring (bicyclic) bond motifs is 1. The molecule has 4 nitrogen and oxygen atoms in total. The second kappa shape index (κ2) is 6.29. The van der Waals surface area contributed by atoms with Gasteiger partial charge in [-0.3, -0.25) is 15.0 Å². The lowest BCUT2D eigenvalue weighted by Crippen LogP contribution is -2.30. The molecule has 0 aliphatic carbocycles. The average Bonchev–Trinajstić information content (AvgIpc) is 2.89. The van der Waals surface area contributed by atoms with Crippen molar-refractivity contribution in [3.63, 3.8) is 0 Å². The van der Waals surface area contributed by atoms with Gasteiger partial charge in [-0.15, -0.1) is 11.3 Å². The molecule has 0 saturated heterocycles. The number of amides is 1. The van der Waals surface area contributed by atoms with E-state index < -0.39 is 12.1 Å². The Kier molecular flexibility index (Phi) is 4.36. The van der Waals surface area contributed by atoms with E-state index >= 15 is 0 Å². The minimum Gasteiger partial charge on any atom is -0.294 e. The monoisotopic (exact) mass is 341 g/mol. The van der Waals surface area contributed by atoms with Gasteiger partial charge in [0.05, 0.1) is 5.69 Å². The molecule has 0 saturated carbocycles. The van der Waals surface area contributed by atoms with Crippen molar-refractivity contribution >= 4 is 22.4 Å². The zero-order chi connectivity index (χ0) is 16.4. The van der Waals surface area contributed by atoms with Crippen molar-refractivity contribution in [1.82, 2.24) is 9.88 Å². The summed E-state index contributed by atoms with van der Waals surface area (Å²) < 4.78 is 36.8. The number of alkyl halides is 3. The van der Waals surface area contributed by atoms with Crippen LogP contribution in [-0.2, 0) is 24.3 Å². The van der Waals surface area contributed by atoms with Gasteiger partial charge in [-0.05, 0) is 5.56 Å². The summed E-state index contributed by atoms with van der Waals surface area (Å²) in [5.41, 5.74) is 1.96. The minimum atomic E-state index is -4.90. The fraction of sp³-hybridized carbons (Fsp3) is 0.333. The molecule has 1 N–H and O–H groups in total. The Morgan fingerprint density at radius 3 is 2.74 bits per heavy atom. The van der Waals surface area contributed by atoms with Crippen molar-refractivity contribution in [3.05, 3.63) is 46.5 Å². The normalized spacial score (nSPS) is 15.3. The molecule has 1 aliphatic heterocycles. The zero-order valence-electron chi connectivity index (χ0n) is 12.1. The Bertz CT molecular complexity index is 700. The van der Waals surface area contributed by atoms with Crippen LogP contribution in [0.25, 0.3) is 0 Å². The first-order valence-electron chi connectivity index (χ1n) is 7.05. The number of benzene rings is 1. The highest BCUT2D eigenvalue weighted by atomic mass is 32.1. The van der Waals surface area contributed by atoms with Gasteiger partial charge in [0.25, 0.3) is 0 Å². The lowest BCUT2D eigenvalue weighted by atomic mass is 10.1. The van der Waals surface area contributed by atoms with Crippen LogP contribution in [0.3, 0.4) is 0 Å².